The number of piperazine rings is 1. The van der Waals surface area contributed by atoms with Crippen LogP contribution in [0.25, 0.3) is 0 Å². The zero-order valence-electron chi connectivity index (χ0n) is 23.6. The second kappa shape index (κ2) is 9.93. The van der Waals surface area contributed by atoms with Gasteiger partial charge in [0.2, 0.25) is 11.9 Å². The second-order valence-corrected chi connectivity index (χ2v) is 14.3. The van der Waals surface area contributed by atoms with Gasteiger partial charge in [0.1, 0.15) is 11.1 Å². The number of fused-ring (bicyclic) bond motifs is 4. The Balaban J connectivity index is 1.05. The molecule has 6 aliphatic rings. The molecule has 1 saturated carbocycles. The number of anilines is 3. The number of morpholine rings is 1. The molecule has 8 rings (SSSR count). The molecule has 218 valence electrons. The molecule has 5 fully saturated rings. The van der Waals surface area contributed by atoms with Gasteiger partial charge in [-0.15, -0.1) is 11.3 Å². The highest BCUT2D eigenvalue weighted by atomic mass is 32.1. The summed E-state index contributed by atoms with van der Waals surface area (Å²) in [6, 6.07) is 3.82. The number of ether oxygens (including phenoxy) is 2. The van der Waals surface area contributed by atoms with Crippen molar-refractivity contribution in [2.24, 2.45) is 5.41 Å². The predicted molar refractivity (Wildman–Crippen MR) is 157 cm³/mol. The molecule has 3 N–H and O–H groups in total. The lowest BCUT2D eigenvalue weighted by Gasteiger charge is -2.33. The predicted octanol–water partition coefficient (Wildman–Crippen LogP) is 1.91. The van der Waals surface area contributed by atoms with Crippen LogP contribution in [0.3, 0.4) is 0 Å². The first kappa shape index (κ1) is 25.9. The monoisotopic (exact) mass is 577 g/mol. The molecule has 4 saturated heterocycles. The van der Waals surface area contributed by atoms with Crippen molar-refractivity contribution in [2.45, 2.75) is 62.4 Å². The van der Waals surface area contributed by atoms with E-state index in [0.29, 0.717) is 41.2 Å². The number of nitrogens with zero attached hydrogens (tertiary/aromatic N) is 7. The van der Waals surface area contributed by atoms with Crippen LogP contribution >= 0.6 is 11.3 Å². The van der Waals surface area contributed by atoms with E-state index in [4.69, 9.17) is 30.2 Å². The highest BCUT2D eigenvalue weighted by Crippen LogP contribution is 2.52. The number of thiophene rings is 1. The third-order valence-corrected chi connectivity index (χ3v) is 11.4. The second-order valence-electron chi connectivity index (χ2n) is 13.1. The van der Waals surface area contributed by atoms with E-state index in [1.54, 1.807) is 11.3 Å². The first-order valence-corrected chi connectivity index (χ1v) is 16.1. The maximum atomic E-state index is 9.89. The Labute approximate surface area is 245 Å². The van der Waals surface area contributed by atoms with Crippen LogP contribution in [0.5, 0.6) is 6.01 Å². The number of hydrogen-bond acceptors (Lipinski definition) is 12. The van der Waals surface area contributed by atoms with Crippen molar-refractivity contribution >= 4 is 28.2 Å². The molecule has 2 aromatic heterocycles. The van der Waals surface area contributed by atoms with Crippen molar-refractivity contribution < 1.29 is 9.47 Å². The van der Waals surface area contributed by atoms with E-state index in [1.165, 1.54) is 36.1 Å². The Kier molecular flexibility index (Phi) is 6.29. The van der Waals surface area contributed by atoms with Crippen molar-refractivity contribution in [3.05, 3.63) is 16.0 Å². The normalized spacial score (nSPS) is 30.1. The van der Waals surface area contributed by atoms with Gasteiger partial charge in [0.15, 0.2) is 0 Å². The van der Waals surface area contributed by atoms with Crippen LogP contribution in [0, 0.1) is 16.7 Å². The fourth-order valence-corrected chi connectivity index (χ4v) is 9.03. The van der Waals surface area contributed by atoms with Gasteiger partial charge in [0.05, 0.1) is 25.4 Å². The third kappa shape index (κ3) is 4.71. The standard InChI is InChI=1S/C29H39N9O2S/c30-13-21-23-22(41-24(21)31)3-4-29(23)7-8-37(17-29)25-33-26(38-14-19-1-2-20(15-38)32-19)35-27(34-25)40-18-28(5-6-28)16-36-9-11-39-12-10-36/h19-20,32H,1-12,14-18,31H2/t19-,20?,29?/m1/s1. The topological polar surface area (TPSA) is 129 Å². The van der Waals surface area contributed by atoms with E-state index in [1.807, 2.05) is 0 Å². The van der Waals surface area contributed by atoms with Crippen LogP contribution in [-0.4, -0.2) is 97.6 Å². The van der Waals surface area contributed by atoms with Gasteiger partial charge < -0.3 is 30.3 Å². The van der Waals surface area contributed by atoms with Crippen molar-refractivity contribution in [1.29, 1.82) is 5.26 Å². The average Bonchev–Trinajstić information content (AvgIpc) is 3.26. The molecule has 2 aromatic rings. The van der Waals surface area contributed by atoms with Gasteiger partial charge in [-0.1, -0.05) is 0 Å². The highest BCUT2D eigenvalue weighted by Gasteiger charge is 2.49. The number of nitriles is 1. The van der Waals surface area contributed by atoms with Crippen molar-refractivity contribution in [1.82, 2.24) is 25.2 Å². The summed E-state index contributed by atoms with van der Waals surface area (Å²) < 4.78 is 12.0. The minimum Gasteiger partial charge on any atom is -0.463 e. The number of aromatic nitrogens is 3. The van der Waals surface area contributed by atoms with Crippen LogP contribution in [0.1, 0.15) is 54.5 Å². The molecule has 3 atom stereocenters. The lowest BCUT2D eigenvalue weighted by atomic mass is 9.80. The quantitative estimate of drug-likeness (QED) is 0.501. The largest absolute Gasteiger partial charge is 0.463 e. The minimum absolute atomic E-state index is 0.0628. The number of hydrogen-bond donors (Lipinski definition) is 2. The van der Waals surface area contributed by atoms with Gasteiger partial charge in [-0.25, -0.2) is 0 Å². The minimum atomic E-state index is -0.0628. The van der Waals surface area contributed by atoms with E-state index >= 15 is 0 Å². The van der Waals surface area contributed by atoms with Crippen molar-refractivity contribution in [3.63, 3.8) is 0 Å². The van der Waals surface area contributed by atoms with Gasteiger partial charge in [-0.05, 0) is 50.5 Å². The molecule has 0 aromatic carbocycles. The number of rotatable bonds is 7. The lowest BCUT2D eigenvalue weighted by molar-refractivity contribution is 0.0231. The molecule has 4 aliphatic heterocycles. The Morgan fingerprint density at radius 3 is 2.51 bits per heavy atom. The number of nitrogens with two attached hydrogens (primary N) is 1. The van der Waals surface area contributed by atoms with Crippen LogP contribution in [0.2, 0.25) is 0 Å². The molecular formula is C29H39N9O2S. The molecule has 11 nitrogen and oxygen atoms in total. The van der Waals surface area contributed by atoms with Crippen molar-refractivity contribution in [2.75, 3.05) is 81.2 Å². The lowest BCUT2D eigenvalue weighted by Crippen LogP contribution is -2.51. The van der Waals surface area contributed by atoms with E-state index in [0.717, 1.165) is 84.2 Å². The molecule has 1 spiro atoms. The summed E-state index contributed by atoms with van der Waals surface area (Å²) >= 11 is 1.60. The van der Waals surface area contributed by atoms with Gasteiger partial charge in [0.25, 0.3) is 0 Å². The molecule has 2 bridgehead atoms. The molecule has 2 unspecified atom stereocenters. The summed E-state index contributed by atoms with van der Waals surface area (Å²) in [6.45, 7) is 8.76. The van der Waals surface area contributed by atoms with Crippen LogP contribution in [0.15, 0.2) is 0 Å². The smallest absolute Gasteiger partial charge is 0.323 e. The van der Waals surface area contributed by atoms with Gasteiger partial charge in [-0.2, -0.15) is 20.2 Å². The summed E-state index contributed by atoms with van der Waals surface area (Å²) in [5, 5.41) is 14.3. The van der Waals surface area contributed by atoms with Crippen LogP contribution in [-0.2, 0) is 16.6 Å². The van der Waals surface area contributed by atoms with E-state index in [-0.39, 0.29) is 10.8 Å². The Bertz CT molecular complexity index is 1350. The van der Waals surface area contributed by atoms with Crippen LogP contribution in [0.4, 0.5) is 16.9 Å². The Morgan fingerprint density at radius 1 is 1.02 bits per heavy atom. The molecule has 0 amide bonds. The Morgan fingerprint density at radius 2 is 1.78 bits per heavy atom. The molecule has 2 aliphatic carbocycles. The van der Waals surface area contributed by atoms with Gasteiger partial charge in [-0.3, -0.25) is 4.90 Å². The summed E-state index contributed by atoms with van der Waals surface area (Å²) in [5.74, 6) is 1.42. The molecule has 6 heterocycles. The fourth-order valence-electron chi connectivity index (χ4n) is 7.89. The first-order chi connectivity index (χ1) is 20.0. The third-order valence-electron chi connectivity index (χ3n) is 10.3. The van der Waals surface area contributed by atoms with E-state index < -0.39 is 0 Å². The first-order valence-electron chi connectivity index (χ1n) is 15.3. The van der Waals surface area contributed by atoms with Crippen LogP contribution < -0.4 is 25.6 Å². The fraction of sp³-hybridized carbons (Fsp3) is 0.724. The zero-order valence-corrected chi connectivity index (χ0v) is 24.4. The van der Waals surface area contributed by atoms with E-state index in [9.17, 15) is 5.26 Å². The maximum Gasteiger partial charge on any atom is 0.323 e. The Hall–Kier alpha value is -2.72. The van der Waals surface area contributed by atoms with Crippen molar-refractivity contribution in [3.8, 4) is 12.1 Å². The summed E-state index contributed by atoms with van der Waals surface area (Å²) in [5.41, 5.74) is 8.25. The summed E-state index contributed by atoms with van der Waals surface area (Å²) in [7, 11) is 0. The maximum absolute atomic E-state index is 9.89. The number of nitrogens with one attached hydrogen (secondary N) is 1. The van der Waals surface area contributed by atoms with Gasteiger partial charge in [0, 0.05) is 73.6 Å². The molecule has 41 heavy (non-hydrogen) atoms. The SMILES string of the molecule is N#Cc1c(N)sc2c1C1(CC2)CCN(c2nc(OCC3(CN4CCOCC4)CC3)nc(N3CC4CC[C@H](C3)N4)n2)C1. The molecule has 12 heteroatoms. The summed E-state index contributed by atoms with van der Waals surface area (Å²) in [4.78, 5) is 23.3. The molecule has 0 radical (unpaired) electrons. The summed E-state index contributed by atoms with van der Waals surface area (Å²) in [6.07, 6.45) is 7.78. The van der Waals surface area contributed by atoms with E-state index in [2.05, 4.69) is 26.1 Å². The zero-order chi connectivity index (χ0) is 27.6. The number of aryl methyl sites for hydroxylation is 1. The number of nitrogen functional groups attached to an aromatic ring is 1. The van der Waals surface area contributed by atoms with Gasteiger partial charge >= 0.3 is 6.01 Å². The average molecular weight is 578 g/mol. The highest BCUT2D eigenvalue weighted by molar-refractivity contribution is 7.16. The molecular weight excluding hydrogens is 538 g/mol.